The summed E-state index contributed by atoms with van der Waals surface area (Å²) < 4.78 is 0. The molecule has 0 unspecified atom stereocenters. The molecule has 0 spiro atoms. The lowest BCUT2D eigenvalue weighted by atomic mass is 10.1. The third-order valence-corrected chi connectivity index (χ3v) is 3.35. The molecule has 2 aromatic rings. The molecule has 1 fully saturated rings. The molecule has 2 heterocycles. The summed E-state index contributed by atoms with van der Waals surface area (Å²) in [4.78, 5) is 16.8. The highest BCUT2D eigenvalue weighted by Gasteiger charge is 2.28. The van der Waals surface area contributed by atoms with Crippen molar-refractivity contribution in [3.05, 3.63) is 36.0 Å². The van der Waals surface area contributed by atoms with Gasteiger partial charge in [-0.1, -0.05) is 18.2 Å². The molecule has 3 rings (SSSR count). The minimum atomic E-state index is -0.0841. The number of fused-ring (bicyclic) bond motifs is 1. The van der Waals surface area contributed by atoms with Crippen molar-refractivity contribution in [1.29, 1.82) is 0 Å². The van der Waals surface area contributed by atoms with E-state index in [0.29, 0.717) is 6.67 Å². The van der Waals surface area contributed by atoms with E-state index in [1.165, 1.54) is 10.9 Å². The van der Waals surface area contributed by atoms with Crippen LogP contribution in [0, 0.1) is 0 Å². The van der Waals surface area contributed by atoms with Gasteiger partial charge in [-0.2, -0.15) is 0 Å². The summed E-state index contributed by atoms with van der Waals surface area (Å²) in [5.41, 5.74) is 2.32. The van der Waals surface area contributed by atoms with Crippen LogP contribution in [-0.2, 0) is 11.2 Å². The van der Waals surface area contributed by atoms with Gasteiger partial charge in [-0.15, -0.1) is 0 Å². The molecule has 1 aliphatic heterocycles. The molecule has 1 amide bonds. The predicted octanol–water partition coefficient (Wildman–Crippen LogP) is 1.10. The Morgan fingerprint density at radius 3 is 3.00 bits per heavy atom. The standard InChI is InChI=1S/C13H15N3O/c1-16-8-15-12(13(16)17)6-9-7-14-11-5-3-2-4-10(9)11/h2-5,7,12,14-15H,6,8H2,1H3/t12-/m1/s1. The number of hydrogen-bond acceptors (Lipinski definition) is 2. The smallest absolute Gasteiger partial charge is 0.240 e. The summed E-state index contributed by atoms with van der Waals surface area (Å²) in [5.74, 6) is 0.176. The van der Waals surface area contributed by atoms with Crippen molar-refractivity contribution in [3.8, 4) is 0 Å². The minimum absolute atomic E-state index is 0.0841. The van der Waals surface area contributed by atoms with E-state index in [1.807, 2.05) is 25.4 Å². The van der Waals surface area contributed by atoms with E-state index < -0.39 is 0 Å². The van der Waals surface area contributed by atoms with Crippen LogP contribution in [0.4, 0.5) is 0 Å². The lowest BCUT2D eigenvalue weighted by Gasteiger charge is -2.08. The highest BCUT2D eigenvalue weighted by atomic mass is 16.2. The number of likely N-dealkylation sites (N-methyl/N-ethyl adjacent to an activating group) is 1. The Balaban J connectivity index is 1.88. The van der Waals surface area contributed by atoms with Gasteiger partial charge in [0.1, 0.15) is 0 Å². The lowest BCUT2D eigenvalue weighted by Crippen LogP contribution is -2.30. The zero-order valence-electron chi connectivity index (χ0n) is 9.73. The zero-order chi connectivity index (χ0) is 11.8. The van der Waals surface area contributed by atoms with E-state index in [-0.39, 0.29) is 11.9 Å². The number of para-hydroxylation sites is 1. The molecular formula is C13H15N3O. The third kappa shape index (κ3) is 1.70. The number of carbonyl (C=O) groups excluding carboxylic acids is 1. The second-order valence-electron chi connectivity index (χ2n) is 4.51. The Morgan fingerprint density at radius 1 is 1.41 bits per heavy atom. The van der Waals surface area contributed by atoms with Crippen molar-refractivity contribution in [2.45, 2.75) is 12.5 Å². The van der Waals surface area contributed by atoms with Gasteiger partial charge in [-0.25, -0.2) is 0 Å². The topological polar surface area (TPSA) is 48.1 Å². The van der Waals surface area contributed by atoms with Gasteiger partial charge < -0.3 is 9.88 Å². The van der Waals surface area contributed by atoms with Crippen LogP contribution >= 0.6 is 0 Å². The summed E-state index contributed by atoms with van der Waals surface area (Å²) >= 11 is 0. The van der Waals surface area contributed by atoms with Gasteiger partial charge in [0, 0.05) is 24.1 Å². The first-order valence-corrected chi connectivity index (χ1v) is 5.79. The van der Waals surface area contributed by atoms with E-state index >= 15 is 0 Å². The molecule has 4 nitrogen and oxygen atoms in total. The lowest BCUT2D eigenvalue weighted by molar-refractivity contribution is -0.127. The Bertz CT molecular complexity index is 561. The minimum Gasteiger partial charge on any atom is -0.361 e. The average Bonchev–Trinajstić information content (AvgIpc) is 2.89. The van der Waals surface area contributed by atoms with Crippen molar-refractivity contribution in [2.75, 3.05) is 13.7 Å². The molecule has 0 radical (unpaired) electrons. The maximum atomic E-state index is 11.8. The normalized spacial score (nSPS) is 20.4. The van der Waals surface area contributed by atoms with E-state index in [4.69, 9.17) is 0 Å². The third-order valence-electron chi connectivity index (χ3n) is 3.35. The number of aromatic amines is 1. The summed E-state index contributed by atoms with van der Waals surface area (Å²) in [6, 6.07) is 8.09. The maximum absolute atomic E-state index is 11.8. The first-order chi connectivity index (χ1) is 8.25. The molecule has 17 heavy (non-hydrogen) atoms. The molecule has 0 aliphatic carbocycles. The van der Waals surface area contributed by atoms with Crippen molar-refractivity contribution in [3.63, 3.8) is 0 Å². The van der Waals surface area contributed by atoms with Gasteiger partial charge in [0.2, 0.25) is 5.91 Å². The highest BCUT2D eigenvalue weighted by Crippen LogP contribution is 2.20. The number of hydrogen-bond donors (Lipinski definition) is 2. The number of H-pyrrole nitrogens is 1. The summed E-state index contributed by atoms with van der Waals surface area (Å²) in [6.45, 7) is 0.645. The Morgan fingerprint density at radius 2 is 2.24 bits per heavy atom. The van der Waals surface area contributed by atoms with Crippen LogP contribution in [0.3, 0.4) is 0 Å². The average molecular weight is 229 g/mol. The second kappa shape index (κ2) is 3.89. The number of carbonyl (C=O) groups is 1. The van der Waals surface area contributed by atoms with Crippen LogP contribution in [0.2, 0.25) is 0 Å². The van der Waals surface area contributed by atoms with Gasteiger partial charge in [0.15, 0.2) is 0 Å². The number of nitrogens with zero attached hydrogens (tertiary/aromatic N) is 1. The fourth-order valence-electron chi connectivity index (χ4n) is 2.36. The predicted molar refractivity (Wildman–Crippen MR) is 66.6 cm³/mol. The van der Waals surface area contributed by atoms with Crippen molar-refractivity contribution >= 4 is 16.8 Å². The van der Waals surface area contributed by atoms with Crippen LogP contribution in [-0.4, -0.2) is 35.5 Å². The number of amides is 1. The molecule has 1 aliphatic rings. The molecule has 0 bridgehead atoms. The maximum Gasteiger partial charge on any atom is 0.240 e. The van der Waals surface area contributed by atoms with E-state index in [9.17, 15) is 4.79 Å². The summed E-state index contributed by atoms with van der Waals surface area (Å²) in [5, 5.41) is 4.43. The van der Waals surface area contributed by atoms with Crippen molar-refractivity contribution in [1.82, 2.24) is 15.2 Å². The molecule has 0 saturated carbocycles. The Labute approximate surface area is 99.6 Å². The van der Waals surface area contributed by atoms with E-state index in [2.05, 4.69) is 22.4 Å². The van der Waals surface area contributed by atoms with Crippen LogP contribution in [0.25, 0.3) is 10.9 Å². The van der Waals surface area contributed by atoms with Gasteiger partial charge >= 0.3 is 0 Å². The Hall–Kier alpha value is -1.81. The fourth-order valence-corrected chi connectivity index (χ4v) is 2.36. The van der Waals surface area contributed by atoms with Gasteiger partial charge in [0.25, 0.3) is 0 Å². The van der Waals surface area contributed by atoms with E-state index in [0.717, 1.165) is 11.9 Å². The number of nitrogens with one attached hydrogen (secondary N) is 2. The second-order valence-corrected chi connectivity index (χ2v) is 4.51. The quantitative estimate of drug-likeness (QED) is 0.810. The molecular weight excluding hydrogens is 214 g/mol. The molecule has 1 saturated heterocycles. The van der Waals surface area contributed by atoms with E-state index in [1.54, 1.807) is 4.90 Å². The number of rotatable bonds is 2. The van der Waals surface area contributed by atoms with Crippen LogP contribution in [0.15, 0.2) is 30.5 Å². The highest BCUT2D eigenvalue weighted by molar-refractivity contribution is 5.87. The van der Waals surface area contributed by atoms with Gasteiger partial charge in [-0.05, 0) is 18.1 Å². The summed E-state index contributed by atoms with van der Waals surface area (Å²) in [6.07, 6.45) is 2.74. The Kier molecular flexibility index (Phi) is 2.37. The zero-order valence-corrected chi connectivity index (χ0v) is 9.73. The van der Waals surface area contributed by atoms with Gasteiger partial charge in [-0.3, -0.25) is 10.1 Å². The number of benzene rings is 1. The summed E-state index contributed by atoms with van der Waals surface area (Å²) in [7, 11) is 1.82. The molecule has 1 aromatic carbocycles. The number of aromatic nitrogens is 1. The molecule has 2 N–H and O–H groups in total. The van der Waals surface area contributed by atoms with Crippen LogP contribution in [0.5, 0.6) is 0 Å². The largest absolute Gasteiger partial charge is 0.361 e. The first kappa shape index (κ1) is 10.4. The monoisotopic (exact) mass is 229 g/mol. The molecule has 1 aromatic heterocycles. The fraction of sp³-hybridized carbons (Fsp3) is 0.308. The molecule has 1 atom stereocenters. The first-order valence-electron chi connectivity index (χ1n) is 5.79. The van der Waals surface area contributed by atoms with Gasteiger partial charge in [0.05, 0.1) is 12.7 Å². The van der Waals surface area contributed by atoms with Crippen molar-refractivity contribution in [2.24, 2.45) is 0 Å². The SMILES string of the molecule is CN1CN[C@H](Cc2c[nH]c3ccccc23)C1=O. The van der Waals surface area contributed by atoms with Crippen LogP contribution < -0.4 is 5.32 Å². The van der Waals surface area contributed by atoms with Crippen molar-refractivity contribution < 1.29 is 4.79 Å². The molecule has 88 valence electrons. The molecule has 4 heteroatoms. The van der Waals surface area contributed by atoms with Crippen LogP contribution in [0.1, 0.15) is 5.56 Å².